The van der Waals surface area contributed by atoms with Crippen molar-refractivity contribution in [1.29, 1.82) is 0 Å². The number of aryl methyl sites for hydroxylation is 1. The van der Waals surface area contributed by atoms with Crippen LogP contribution in [0.5, 0.6) is 0 Å². The van der Waals surface area contributed by atoms with Gasteiger partial charge in [-0.2, -0.15) is 5.10 Å². The maximum atomic E-state index is 12.9. The Kier molecular flexibility index (Phi) is 5.37. The van der Waals surface area contributed by atoms with Crippen LogP contribution in [-0.2, 0) is 17.8 Å². The summed E-state index contributed by atoms with van der Waals surface area (Å²) in [6.45, 7) is 0.763. The third kappa shape index (κ3) is 4.22. The molecule has 1 N–H and O–H groups in total. The topological polar surface area (TPSA) is 68.9 Å². The van der Waals surface area contributed by atoms with Crippen molar-refractivity contribution in [3.63, 3.8) is 0 Å². The maximum absolute atomic E-state index is 12.9. The van der Waals surface area contributed by atoms with Crippen molar-refractivity contribution in [2.24, 2.45) is 0 Å². The molecule has 1 aromatic heterocycles. The van der Waals surface area contributed by atoms with Crippen LogP contribution < -0.4 is 11.0 Å². The van der Waals surface area contributed by atoms with E-state index < -0.39 is 0 Å². The second kappa shape index (κ2) is 8.25. The Morgan fingerprint density at radius 3 is 2.39 bits per heavy atom. The minimum atomic E-state index is -0.147. The molecule has 1 saturated carbocycles. The Labute approximate surface area is 163 Å². The van der Waals surface area contributed by atoms with Crippen molar-refractivity contribution in [1.82, 2.24) is 19.7 Å². The number of amides is 1. The first kappa shape index (κ1) is 18.2. The average molecular weight is 376 g/mol. The van der Waals surface area contributed by atoms with Gasteiger partial charge < -0.3 is 5.32 Å². The first-order valence-electron chi connectivity index (χ1n) is 9.78. The second-order valence-corrected chi connectivity index (χ2v) is 7.14. The van der Waals surface area contributed by atoms with E-state index in [2.05, 4.69) is 10.4 Å². The molecule has 0 bridgehead atoms. The molecule has 1 aliphatic carbocycles. The molecule has 0 atom stereocenters. The van der Waals surface area contributed by atoms with E-state index in [-0.39, 0.29) is 11.6 Å². The lowest BCUT2D eigenvalue weighted by molar-refractivity contribution is -0.121. The van der Waals surface area contributed by atoms with Crippen LogP contribution in [0, 0.1) is 0 Å². The Hall–Kier alpha value is -3.15. The number of nitrogens with zero attached hydrogens (tertiary/aromatic N) is 3. The van der Waals surface area contributed by atoms with E-state index in [9.17, 15) is 9.59 Å². The van der Waals surface area contributed by atoms with Gasteiger partial charge in [-0.15, -0.1) is 0 Å². The molecule has 1 fully saturated rings. The Bertz CT molecular complexity index is 988. The number of hydrogen-bond donors (Lipinski definition) is 1. The predicted molar refractivity (Wildman–Crippen MR) is 108 cm³/mol. The van der Waals surface area contributed by atoms with Gasteiger partial charge in [-0.25, -0.2) is 14.0 Å². The van der Waals surface area contributed by atoms with Crippen LogP contribution in [-0.4, -0.2) is 26.8 Å². The number of carbonyl (C=O) groups is 1. The monoisotopic (exact) mass is 376 g/mol. The standard InChI is InChI=1S/C22H24N4O2/c27-20(14-11-17-7-3-1-4-8-17)23-15-16-25-22(28)26(19-9-5-2-6-10-19)21(24-25)18-12-13-18/h1-10,18H,11-16H2,(H,23,27). The summed E-state index contributed by atoms with van der Waals surface area (Å²) < 4.78 is 3.17. The molecule has 1 aliphatic rings. The summed E-state index contributed by atoms with van der Waals surface area (Å²) >= 11 is 0. The molecule has 3 aromatic rings. The van der Waals surface area contributed by atoms with Crippen LogP contribution in [0.3, 0.4) is 0 Å². The quantitative estimate of drug-likeness (QED) is 0.657. The van der Waals surface area contributed by atoms with Gasteiger partial charge in [0, 0.05) is 18.9 Å². The molecular weight excluding hydrogens is 352 g/mol. The number of para-hydroxylation sites is 1. The van der Waals surface area contributed by atoms with Gasteiger partial charge in [0.2, 0.25) is 5.91 Å². The lowest BCUT2D eigenvalue weighted by atomic mass is 10.1. The number of rotatable bonds is 8. The van der Waals surface area contributed by atoms with Crippen LogP contribution >= 0.6 is 0 Å². The van der Waals surface area contributed by atoms with E-state index in [1.165, 1.54) is 4.68 Å². The third-order valence-corrected chi connectivity index (χ3v) is 4.95. The van der Waals surface area contributed by atoms with Crippen molar-refractivity contribution >= 4 is 5.91 Å². The highest BCUT2D eigenvalue weighted by molar-refractivity contribution is 5.76. The van der Waals surface area contributed by atoms with Gasteiger partial charge in [0.1, 0.15) is 5.82 Å². The summed E-state index contributed by atoms with van der Waals surface area (Å²) in [4.78, 5) is 24.9. The summed E-state index contributed by atoms with van der Waals surface area (Å²) in [5.41, 5.74) is 1.84. The lowest BCUT2D eigenvalue weighted by Crippen LogP contribution is -2.32. The fraction of sp³-hybridized carbons (Fsp3) is 0.318. The normalized spacial score (nSPS) is 13.4. The molecule has 0 spiro atoms. The summed E-state index contributed by atoms with van der Waals surface area (Å²) in [6, 6.07) is 19.6. The second-order valence-electron chi connectivity index (χ2n) is 7.14. The first-order chi connectivity index (χ1) is 13.7. The Morgan fingerprint density at radius 1 is 1.04 bits per heavy atom. The summed E-state index contributed by atoms with van der Waals surface area (Å²) in [6.07, 6.45) is 3.28. The van der Waals surface area contributed by atoms with Crippen LogP contribution in [0.1, 0.15) is 36.6 Å². The molecule has 28 heavy (non-hydrogen) atoms. The number of carbonyl (C=O) groups excluding carboxylic acids is 1. The fourth-order valence-corrected chi connectivity index (χ4v) is 3.29. The van der Waals surface area contributed by atoms with Crippen molar-refractivity contribution in [2.45, 2.75) is 38.1 Å². The first-order valence-corrected chi connectivity index (χ1v) is 9.78. The lowest BCUT2D eigenvalue weighted by Gasteiger charge is -2.05. The third-order valence-electron chi connectivity index (χ3n) is 4.95. The summed E-state index contributed by atoms with van der Waals surface area (Å²) in [5, 5.41) is 7.45. The molecule has 4 rings (SSSR count). The van der Waals surface area contributed by atoms with E-state index in [4.69, 9.17) is 0 Å². The van der Waals surface area contributed by atoms with E-state index >= 15 is 0 Å². The van der Waals surface area contributed by atoms with Gasteiger partial charge in [-0.05, 0) is 37.0 Å². The largest absolute Gasteiger partial charge is 0.354 e. The minimum absolute atomic E-state index is 0.0122. The van der Waals surface area contributed by atoms with Crippen LogP contribution in [0.4, 0.5) is 0 Å². The van der Waals surface area contributed by atoms with Gasteiger partial charge in [0.15, 0.2) is 0 Å². The zero-order valence-electron chi connectivity index (χ0n) is 15.8. The van der Waals surface area contributed by atoms with E-state index in [1.54, 1.807) is 4.57 Å². The fourth-order valence-electron chi connectivity index (χ4n) is 3.29. The van der Waals surface area contributed by atoms with Gasteiger partial charge in [0.05, 0.1) is 12.2 Å². The number of benzene rings is 2. The number of hydrogen-bond acceptors (Lipinski definition) is 3. The van der Waals surface area contributed by atoms with Crippen molar-refractivity contribution in [2.75, 3.05) is 6.54 Å². The molecule has 0 unspecified atom stereocenters. The van der Waals surface area contributed by atoms with E-state index in [1.807, 2.05) is 60.7 Å². The SMILES string of the molecule is O=C(CCc1ccccc1)NCCn1nc(C2CC2)n(-c2ccccc2)c1=O. The van der Waals surface area contributed by atoms with Crippen LogP contribution in [0.2, 0.25) is 0 Å². The summed E-state index contributed by atoms with van der Waals surface area (Å²) in [7, 11) is 0. The van der Waals surface area contributed by atoms with Crippen molar-refractivity contribution in [3.05, 3.63) is 82.5 Å². The summed E-state index contributed by atoms with van der Waals surface area (Å²) in [5.74, 6) is 1.17. The predicted octanol–water partition coefficient (Wildman–Crippen LogP) is 2.66. The van der Waals surface area contributed by atoms with Crippen molar-refractivity contribution in [3.8, 4) is 5.69 Å². The highest BCUT2D eigenvalue weighted by atomic mass is 16.2. The highest BCUT2D eigenvalue weighted by Crippen LogP contribution is 2.39. The Balaban J connectivity index is 1.37. The maximum Gasteiger partial charge on any atom is 0.350 e. The molecule has 1 amide bonds. The molecule has 6 heteroatoms. The van der Waals surface area contributed by atoms with Gasteiger partial charge >= 0.3 is 5.69 Å². The average Bonchev–Trinajstić information content (AvgIpc) is 3.52. The zero-order valence-corrected chi connectivity index (χ0v) is 15.8. The zero-order chi connectivity index (χ0) is 19.3. The van der Waals surface area contributed by atoms with Crippen molar-refractivity contribution < 1.29 is 4.79 Å². The Morgan fingerprint density at radius 2 is 1.71 bits per heavy atom. The molecule has 0 radical (unpaired) electrons. The van der Waals surface area contributed by atoms with Gasteiger partial charge in [0.25, 0.3) is 0 Å². The number of aromatic nitrogens is 3. The van der Waals surface area contributed by atoms with E-state index in [0.29, 0.717) is 31.8 Å². The highest BCUT2D eigenvalue weighted by Gasteiger charge is 2.31. The molecule has 6 nitrogen and oxygen atoms in total. The molecular formula is C22H24N4O2. The van der Waals surface area contributed by atoms with Gasteiger partial charge in [-0.1, -0.05) is 48.5 Å². The smallest absolute Gasteiger partial charge is 0.350 e. The molecule has 1 heterocycles. The minimum Gasteiger partial charge on any atom is -0.354 e. The van der Waals surface area contributed by atoms with Gasteiger partial charge in [-0.3, -0.25) is 4.79 Å². The van der Waals surface area contributed by atoms with E-state index in [0.717, 1.165) is 29.9 Å². The number of nitrogens with one attached hydrogen (secondary N) is 1. The molecule has 144 valence electrons. The molecule has 2 aromatic carbocycles. The van der Waals surface area contributed by atoms with Crippen LogP contribution in [0.15, 0.2) is 65.5 Å². The molecule has 0 saturated heterocycles. The molecule has 0 aliphatic heterocycles. The van der Waals surface area contributed by atoms with Crippen LogP contribution in [0.25, 0.3) is 5.69 Å².